The Labute approximate surface area is 98.7 Å². The van der Waals surface area contributed by atoms with Crippen molar-refractivity contribution in [3.8, 4) is 0 Å². The fourth-order valence-corrected chi connectivity index (χ4v) is 0.797. The first-order chi connectivity index (χ1) is 8.11. The number of nitrogens with zero attached hydrogens (tertiary/aromatic N) is 1. The summed E-state index contributed by atoms with van der Waals surface area (Å²) in [5.74, 6) is -1.04. The van der Waals surface area contributed by atoms with Gasteiger partial charge >= 0.3 is 5.97 Å². The number of aliphatic imine (C=N–C) groups is 1. The number of carbonyl (C=O) groups excluding carboxylic acids is 1. The van der Waals surface area contributed by atoms with Crippen molar-refractivity contribution in [3.63, 3.8) is 0 Å². The van der Waals surface area contributed by atoms with Crippen LogP contribution in [0.1, 0.15) is 6.42 Å². The number of isocyanates is 1. The summed E-state index contributed by atoms with van der Waals surface area (Å²) in [6.07, 6.45) is 1.61. The molecule has 5 nitrogen and oxygen atoms in total. The quantitative estimate of drug-likeness (QED) is 0.472. The van der Waals surface area contributed by atoms with Crippen LogP contribution in [0.3, 0.4) is 0 Å². The van der Waals surface area contributed by atoms with E-state index in [0.717, 1.165) is 0 Å². The molecule has 1 rings (SSSR count). The Morgan fingerprint density at radius 3 is 2.29 bits per heavy atom. The van der Waals surface area contributed by atoms with E-state index in [0.29, 0.717) is 5.69 Å². The molecule has 0 fully saturated rings. The SMILES string of the molecule is C=C(CCO)C(=O)O.O=C=Nc1ccccc1. The molecule has 0 aliphatic carbocycles. The predicted octanol–water partition coefficient (Wildman–Crippen LogP) is 1.66. The van der Waals surface area contributed by atoms with Crippen molar-refractivity contribution >= 4 is 17.7 Å². The second-order valence-corrected chi connectivity index (χ2v) is 2.92. The highest BCUT2D eigenvalue weighted by Crippen LogP contribution is 2.06. The van der Waals surface area contributed by atoms with Crippen molar-refractivity contribution in [2.24, 2.45) is 4.99 Å². The molecule has 1 aromatic rings. The number of carbonyl (C=O) groups is 1. The summed E-state index contributed by atoms with van der Waals surface area (Å²) in [5.41, 5.74) is 0.694. The van der Waals surface area contributed by atoms with Crippen molar-refractivity contribution in [1.82, 2.24) is 0 Å². The van der Waals surface area contributed by atoms with Gasteiger partial charge in [0, 0.05) is 18.6 Å². The average Bonchev–Trinajstić information content (AvgIpc) is 2.32. The third kappa shape index (κ3) is 7.67. The molecule has 90 valence electrons. The molecule has 0 aromatic heterocycles. The Kier molecular flexibility index (Phi) is 7.84. The minimum absolute atomic E-state index is 0.0486. The predicted molar refractivity (Wildman–Crippen MR) is 62.7 cm³/mol. The van der Waals surface area contributed by atoms with Crippen molar-refractivity contribution in [2.45, 2.75) is 6.42 Å². The fourth-order valence-electron chi connectivity index (χ4n) is 0.797. The summed E-state index contributed by atoms with van der Waals surface area (Å²) in [7, 11) is 0. The maximum absolute atomic E-state index is 9.88. The number of benzene rings is 1. The Bertz CT molecular complexity index is 408. The lowest BCUT2D eigenvalue weighted by Crippen LogP contribution is -2.00. The number of hydrogen-bond donors (Lipinski definition) is 2. The number of para-hydroxylation sites is 1. The normalized spacial score (nSPS) is 8.29. The first kappa shape index (κ1) is 14.8. The number of aliphatic hydroxyl groups excluding tert-OH is 1. The summed E-state index contributed by atoms with van der Waals surface area (Å²) in [5, 5.41) is 16.3. The number of aliphatic hydroxyl groups is 1. The van der Waals surface area contributed by atoms with Crippen LogP contribution in [0.5, 0.6) is 0 Å². The molecule has 0 spiro atoms. The molecular formula is C12H13NO4. The van der Waals surface area contributed by atoms with E-state index in [-0.39, 0.29) is 18.6 Å². The molecule has 0 aliphatic heterocycles. The van der Waals surface area contributed by atoms with Gasteiger partial charge in [-0.25, -0.2) is 9.59 Å². The Morgan fingerprint density at radius 2 is 1.94 bits per heavy atom. The van der Waals surface area contributed by atoms with Gasteiger partial charge in [0.2, 0.25) is 6.08 Å². The third-order valence-electron chi connectivity index (χ3n) is 1.65. The van der Waals surface area contributed by atoms with Gasteiger partial charge in [0.15, 0.2) is 0 Å². The van der Waals surface area contributed by atoms with Gasteiger partial charge in [0.05, 0.1) is 5.69 Å². The molecule has 0 atom stereocenters. The van der Waals surface area contributed by atoms with Crippen LogP contribution in [0.2, 0.25) is 0 Å². The largest absolute Gasteiger partial charge is 0.478 e. The van der Waals surface area contributed by atoms with E-state index in [1.165, 1.54) is 6.08 Å². The summed E-state index contributed by atoms with van der Waals surface area (Å²) in [6, 6.07) is 8.98. The second kappa shape index (κ2) is 9.03. The smallest absolute Gasteiger partial charge is 0.331 e. The van der Waals surface area contributed by atoms with Gasteiger partial charge in [-0.15, -0.1) is 0 Å². The fraction of sp³-hybridized carbons (Fsp3) is 0.167. The van der Waals surface area contributed by atoms with E-state index in [9.17, 15) is 9.59 Å². The molecule has 1 aromatic carbocycles. The van der Waals surface area contributed by atoms with E-state index in [1.54, 1.807) is 12.1 Å². The van der Waals surface area contributed by atoms with Crippen molar-refractivity contribution in [3.05, 3.63) is 42.5 Å². The van der Waals surface area contributed by atoms with E-state index >= 15 is 0 Å². The van der Waals surface area contributed by atoms with E-state index in [1.807, 2.05) is 18.2 Å². The number of carboxylic acid groups (broad SMARTS) is 1. The van der Waals surface area contributed by atoms with Crippen LogP contribution in [0, 0.1) is 0 Å². The zero-order chi connectivity index (χ0) is 13.1. The Balaban J connectivity index is 0.000000304. The summed E-state index contributed by atoms with van der Waals surface area (Å²) < 4.78 is 0. The summed E-state index contributed by atoms with van der Waals surface area (Å²) in [4.78, 5) is 23.0. The maximum atomic E-state index is 9.88. The maximum Gasteiger partial charge on any atom is 0.331 e. The molecule has 0 heterocycles. The molecule has 0 aliphatic rings. The molecular weight excluding hydrogens is 222 g/mol. The number of rotatable bonds is 4. The van der Waals surface area contributed by atoms with Gasteiger partial charge in [-0.2, -0.15) is 4.99 Å². The molecule has 0 bridgehead atoms. The zero-order valence-corrected chi connectivity index (χ0v) is 9.17. The minimum Gasteiger partial charge on any atom is -0.478 e. The topological polar surface area (TPSA) is 87.0 Å². The van der Waals surface area contributed by atoms with Crippen LogP contribution in [-0.2, 0) is 9.59 Å². The van der Waals surface area contributed by atoms with Crippen LogP contribution in [0.4, 0.5) is 5.69 Å². The number of aliphatic carboxylic acids is 1. The molecule has 17 heavy (non-hydrogen) atoms. The van der Waals surface area contributed by atoms with Gasteiger partial charge in [0.25, 0.3) is 0 Å². The van der Waals surface area contributed by atoms with Crippen LogP contribution in [-0.4, -0.2) is 28.9 Å². The van der Waals surface area contributed by atoms with Crippen molar-refractivity contribution in [2.75, 3.05) is 6.61 Å². The first-order valence-electron chi connectivity index (χ1n) is 4.76. The lowest BCUT2D eigenvalue weighted by molar-refractivity contribution is -0.132. The van der Waals surface area contributed by atoms with Gasteiger partial charge in [-0.05, 0) is 12.1 Å². The van der Waals surface area contributed by atoms with E-state index < -0.39 is 5.97 Å². The molecule has 2 N–H and O–H groups in total. The van der Waals surface area contributed by atoms with Crippen molar-refractivity contribution < 1.29 is 19.8 Å². The van der Waals surface area contributed by atoms with E-state index in [4.69, 9.17) is 10.2 Å². The number of hydrogen-bond acceptors (Lipinski definition) is 4. The first-order valence-corrected chi connectivity index (χ1v) is 4.76. The second-order valence-electron chi connectivity index (χ2n) is 2.92. The Hall–Kier alpha value is -2.23. The van der Waals surface area contributed by atoms with E-state index in [2.05, 4.69) is 11.6 Å². The van der Waals surface area contributed by atoms with Gasteiger partial charge in [-0.1, -0.05) is 24.8 Å². The number of carboxylic acids is 1. The standard InChI is InChI=1S/C7H5NO.C5H8O3/c9-6-8-7-4-2-1-3-5-7;1-4(2-3-6)5(7)8/h1-5H;6H,1-3H2,(H,7,8). The van der Waals surface area contributed by atoms with Gasteiger partial charge in [0.1, 0.15) is 0 Å². The molecule has 0 saturated heterocycles. The highest BCUT2D eigenvalue weighted by molar-refractivity contribution is 5.85. The van der Waals surface area contributed by atoms with Gasteiger partial charge in [-0.3, -0.25) is 0 Å². The minimum atomic E-state index is -1.04. The molecule has 0 unspecified atom stereocenters. The average molecular weight is 235 g/mol. The molecule has 5 heteroatoms. The van der Waals surface area contributed by atoms with Crippen LogP contribution in [0.25, 0.3) is 0 Å². The highest BCUT2D eigenvalue weighted by atomic mass is 16.4. The molecule has 0 radical (unpaired) electrons. The van der Waals surface area contributed by atoms with Crippen LogP contribution >= 0.6 is 0 Å². The summed E-state index contributed by atoms with van der Waals surface area (Å²) in [6.45, 7) is 3.04. The lowest BCUT2D eigenvalue weighted by Gasteiger charge is -1.91. The zero-order valence-electron chi connectivity index (χ0n) is 9.17. The lowest BCUT2D eigenvalue weighted by atomic mass is 10.2. The molecule has 0 saturated carbocycles. The molecule has 0 amide bonds. The van der Waals surface area contributed by atoms with Crippen LogP contribution < -0.4 is 0 Å². The summed E-state index contributed by atoms with van der Waals surface area (Å²) >= 11 is 0. The monoisotopic (exact) mass is 235 g/mol. The van der Waals surface area contributed by atoms with Crippen molar-refractivity contribution in [1.29, 1.82) is 0 Å². The third-order valence-corrected chi connectivity index (χ3v) is 1.65. The highest BCUT2D eigenvalue weighted by Gasteiger charge is 1.99. The van der Waals surface area contributed by atoms with Gasteiger partial charge < -0.3 is 10.2 Å². The van der Waals surface area contributed by atoms with Crippen LogP contribution in [0.15, 0.2) is 47.5 Å². The Morgan fingerprint density at radius 1 is 1.35 bits per heavy atom.